The van der Waals surface area contributed by atoms with Crippen molar-refractivity contribution in [3.8, 4) is 11.3 Å². The molecule has 0 bridgehead atoms. The third-order valence-corrected chi connectivity index (χ3v) is 6.63. The molecule has 0 saturated carbocycles. The Morgan fingerprint density at radius 3 is 2.77 bits per heavy atom. The van der Waals surface area contributed by atoms with Crippen LogP contribution in [0.5, 0.6) is 0 Å². The average Bonchev–Trinajstić information content (AvgIpc) is 3.40. The first-order chi connectivity index (χ1) is 16.8. The Labute approximate surface area is 212 Å². The minimum atomic E-state index is -0.474. The maximum absolute atomic E-state index is 12.8. The number of benzene rings is 2. The Bertz CT molecular complexity index is 1400. The number of nitrogens with zero attached hydrogens (tertiary/aromatic N) is 3. The van der Waals surface area contributed by atoms with Gasteiger partial charge in [0.15, 0.2) is 5.17 Å². The predicted molar refractivity (Wildman–Crippen MR) is 136 cm³/mol. The number of nitro benzene ring substituents is 1. The fourth-order valence-electron chi connectivity index (χ4n) is 3.20. The highest BCUT2D eigenvalue weighted by Crippen LogP contribution is 2.36. The van der Waals surface area contributed by atoms with E-state index in [1.165, 1.54) is 28.8 Å². The summed E-state index contributed by atoms with van der Waals surface area (Å²) in [6.45, 7) is 2.01. The van der Waals surface area contributed by atoms with Crippen molar-refractivity contribution in [1.29, 1.82) is 0 Å². The topological polar surface area (TPSA) is 115 Å². The number of aliphatic imine (C=N–C) groups is 1. The summed E-state index contributed by atoms with van der Waals surface area (Å²) in [7, 11) is 1.62. The lowest BCUT2D eigenvalue weighted by Crippen LogP contribution is -2.23. The van der Waals surface area contributed by atoms with Gasteiger partial charge in [-0.1, -0.05) is 6.07 Å². The molecule has 35 heavy (non-hydrogen) atoms. The number of hydrogen-bond acceptors (Lipinski definition) is 8. The second-order valence-electron chi connectivity index (χ2n) is 7.26. The van der Waals surface area contributed by atoms with Gasteiger partial charge in [-0.15, -0.1) is 0 Å². The minimum Gasteiger partial charge on any atom is -0.462 e. The number of furan rings is 1. The smallest absolute Gasteiger partial charge is 0.338 e. The van der Waals surface area contributed by atoms with E-state index in [2.05, 4.69) is 20.9 Å². The normalized spacial score (nSPS) is 15.7. The van der Waals surface area contributed by atoms with Crippen LogP contribution in [0, 0.1) is 10.1 Å². The zero-order valence-electron chi connectivity index (χ0n) is 18.6. The standard InChI is InChI=1S/C24H18BrN3O6S/c1-3-33-23(30)14-5-4-6-15(11-14)26-24-27(2)22(29)21(35-24)13-17-8-10-20(34-17)18-9-7-16(28(31)32)12-19(18)25/h4-13H,3H2,1-2H3. The molecule has 1 aliphatic heterocycles. The monoisotopic (exact) mass is 555 g/mol. The first-order valence-corrected chi connectivity index (χ1v) is 12.0. The maximum atomic E-state index is 12.8. The van der Waals surface area contributed by atoms with Gasteiger partial charge >= 0.3 is 5.97 Å². The maximum Gasteiger partial charge on any atom is 0.338 e. The lowest BCUT2D eigenvalue weighted by Gasteiger charge is -2.07. The molecule has 0 atom stereocenters. The molecule has 11 heteroatoms. The van der Waals surface area contributed by atoms with E-state index in [9.17, 15) is 19.7 Å². The second-order valence-corrected chi connectivity index (χ2v) is 9.13. The molecule has 9 nitrogen and oxygen atoms in total. The van der Waals surface area contributed by atoms with Crippen molar-refractivity contribution in [3.63, 3.8) is 0 Å². The van der Waals surface area contributed by atoms with Gasteiger partial charge in [-0.2, -0.15) is 0 Å². The van der Waals surface area contributed by atoms with Gasteiger partial charge < -0.3 is 9.15 Å². The van der Waals surface area contributed by atoms with Gasteiger partial charge in [0.05, 0.1) is 27.7 Å². The number of esters is 1. The Morgan fingerprint density at radius 1 is 1.26 bits per heavy atom. The van der Waals surface area contributed by atoms with Crippen molar-refractivity contribution < 1.29 is 23.7 Å². The van der Waals surface area contributed by atoms with E-state index in [1.807, 2.05) is 0 Å². The van der Waals surface area contributed by atoms with Crippen molar-refractivity contribution in [3.05, 3.63) is 85.4 Å². The molecule has 4 rings (SSSR count). The van der Waals surface area contributed by atoms with Crippen LogP contribution in [0.2, 0.25) is 0 Å². The molecule has 1 amide bonds. The number of amides is 1. The fraction of sp³-hybridized carbons (Fsp3) is 0.125. The van der Waals surface area contributed by atoms with Crippen molar-refractivity contribution in [2.75, 3.05) is 13.7 Å². The molecule has 3 aromatic rings. The van der Waals surface area contributed by atoms with E-state index in [0.717, 1.165) is 0 Å². The molecule has 1 saturated heterocycles. The van der Waals surface area contributed by atoms with E-state index >= 15 is 0 Å². The summed E-state index contributed by atoms with van der Waals surface area (Å²) in [5.74, 6) is 0.254. The van der Waals surface area contributed by atoms with E-state index in [4.69, 9.17) is 9.15 Å². The molecule has 1 fully saturated rings. The molecule has 0 N–H and O–H groups in total. The number of carbonyl (C=O) groups is 2. The SMILES string of the molecule is CCOC(=O)c1cccc(N=C2SC(=Cc3ccc(-c4ccc([N+](=O)[O-])cc4Br)o3)C(=O)N2C)c1. The van der Waals surface area contributed by atoms with Gasteiger partial charge in [-0.25, -0.2) is 9.79 Å². The van der Waals surface area contributed by atoms with Crippen molar-refractivity contribution in [2.24, 2.45) is 4.99 Å². The van der Waals surface area contributed by atoms with Crippen LogP contribution in [0.4, 0.5) is 11.4 Å². The third kappa shape index (κ3) is 5.36. The molecule has 0 spiro atoms. The van der Waals surface area contributed by atoms with Gasteiger partial charge in [-0.05, 0) is 71.0 Å². The number of rotatable bonds is 6. The van der Waals surface area contributed by atoms with Gasteiger partial charge in [-0.3, -0.25) is 19.8 Å². The molecule has 2 aromatic carbocycles. The summed E-state index contributed by atoms with van der Waals surface area (Å²) >= 11 is 4.52. The summed E-state index contributed by atoms with van der Waals surface area (Å²) in [5, 5.41) is 11.4. The quantitative estimate of drug-likeness (QED) is 0.158. The molecule has 1 aromatic heterocycles. The second kappa shape index (κ2) is 10.3. The zero-order valence-corrected chi connectivity index (χ0v) is 21.0. The first kappa shape index (κ1) is 24.4. The number of carbonyl (C=O) groups excluding carboxylic acids is 2. The van der Waals surface area contributed by atoms with Crippen LogP contribution in [0.25, 0.3) is 17.4 Å². The van der Waals surface area contributed by atoms with Crippen LogP contribution in [0.1, 0.15) is 23.0 Å². The lowest BCUT2D eigenvalue weighted by molar-refractivity contribution is -0.384. The third-order valence-electron chi connectivity index (χ3n) is 4.91. The summed E-state index contributed by atoms with van der Waals surface area (Å²) in [6.07, 6.45) is 1.61. The number of likely N-dealkylation sites (N-methyl/N-ethyl adjacent to an activating group) is 1. The van der Waals surface area contributed by atoms with Gasteiger partial charge in [0.1, 0.15) is 11.5 Å². The molecule has 0 unspecified atom stereocenters. The van der Waals surface area contributed by atoms with Crippen molar-refractivity contribution >= 4 is 62.2 Å². The summed E-state index contributed by atoms with van der Waals surface area (Å²) in [5.41, 5.74) is 1.50. The number of non-ortho nitro benzene ring substituents is 1. The van der Waals surface area contributed by atoms with Crippen LogP contribution < -0.4 is 0 Å². The summed E-state index contributed by atoms with van der Waals surface area (Å²) in [4.78, 5) is 41.6. The molecular weight excluding hydrogens is 538 g/mol. The van der Waals surface area contributed by atoms with Crippen molar-refractivity contribution in [2.45, 2.75) is 6.92 Å². The number of thioether (sulfide) groups is 1. The molecule has 178 valence electrons. The van der Waals surface area contributed by atoms with Crippen molar-refractivity contribution in [1.82, 2.24) is 4.90 Å². The van der Waals surface area contributed by atoms with E-state index in [-0.39, 0.29) is 18.2 Å². The van der Waals surface area contributed by atoms with E-state index in [1.54, 1.807) is 62.5 Å². The number of amidine groups is 1. The number of nitro groups is 1. The van der Waals surface area contributed by atoms with Gasteiger partial charge in [0.25, 0.3) is 11.6 Å². The average molecular weight is 556 g/mol. The summed E-state index contributed by atoms with van der Waals surface area (Å²) in [6, 6.07) is 14.5. The molecular formula is C24H18BrN3O6S. The Morgan fingerprint density at radius 2 is 2.06 bits per heavy atom. The zero-order chi connectivity index (χ0) is 25.1. The Kier molecular flexibility index (Phi) is 7.17. The molecule has 0 radical (unpaired) electrons. The van der Waals surface area contributed by atoms with E-state index in [0.29, 0.717) is 42.9 Å². The largest absolute Gasteiger partial charge is 0.462 e. The van der Waals surface area contributed by atoms with Crippen LogP contribution in [-0.4, -0.2) is 40.5 Å². The minimum absolute atomic E-state index is 0.0369. The fourth-order valence-corrected chi connectivity index (χ4v) is 4.73. The Balaban J connectivity index is 1.56. The molecule has 2 heterocycles. The molecule has 0 aliphatic carbocycles. The van der Waals surface area contributed by atoms with Gasteiger partial charge in [0.2, 0.25) is 0 Å². The number of halogens is 1. The molecule has 1 aliphatic rings. The highest BCUT2D eigenvalue weighted by Gasteiger charge is 2.31. The van der Waals surface area contributed by atoms with Crippen LogP contribution in [0.15, 0.2) is 73.4 Å². The number of hydrogen-bond donors (Lipinski definition) is 0. The van der Waals surface area contributed by atoms with Crippen LogP contribution in [0.3, 0.4) is 0 Å². The Hall–Kier alpha value is -3.70. The van der Waals surface area contributed by atoms with Crippen LogP contribution >= 0.6 is 27.7 Å². The number of ether oxygens (including phenoxy) is 1. The highest BCUT2D eigenvalue weighted by molar-refractivity contribution is 9.10. The summed E-state index contributed by atoms with van der Waals surface area (Å²) < 4.78 is 11.4. The van der Waals surface area contributed by atoms with Crippen LogP contribution in [-0.2, 0) is 9.53 Å². The first-order valence-electron chi connectivity index (χ1n) is 10.3. The lowest BCUT2D eigenvalue weighted by atomic mass is 10.1. The van der Waals surface area contributed by atoms with E-state index < -0.39 is 10.9 Å². The predicted octanol–water partition coefficient (Wildman–Crippen LogP) is 6.03. The van der Waals surface area contributed by atoms with Gasteiger partial charge in [0, 0.05) is 35.3 Å². The highest BCUT2D eigenvalue weighted by atomic mass is 79.9.